The average Bonchev–Trinajstić information content (AvgIpc) is 3.10. The van der Waals surface area contributed by atoms with Crippen LogP contribution in [0.25, 0.3) is 0 Å². The van der Waals surface area contributed by atoms with Crippen molar-refractivity contribution in [1.82, 2.24) is 16.0 Å². The predicted octanol–water partition coefficient (Wildman–Crippen LogP) is 7.79. The number of carbonyl (C=O) groups excluding carboxylic acids is 3. The summed E-state index contributed by atoms with van der Waals surface area (Å²) in [7, 11) is 0. The molecular weight excluding hydrogens is 590 g/mol. The largest absolute Gasteiger partial charge is 0.391 e. The summed E-state index contributed by atoms with van der Waals surface area (Å²) < 4.78 is 6.74. The molecule has 0 aromatic carbocycles. The first-order valence-electron chi connectivity index (χ1n) is 19.5. The Bertz CT molecular complexity index is 887. The van der Waals surface area contributed by atoms with Crippen molar-refractivity contribution in [2.75, 3.05) is 13.2 Å². The number of Topliss-reactive ketones (excluding diaryl/α,β-unsaturated/α-hetero) is 1. The van der Waals surface area contributed by atoms with Gasteiger partial charge in [-0.3, -0.25) is 19.7 Å². The molecule has 8 nitrogen and oxygen atoms in total. The van der Waals surface area contributed by atoms with Gasteiger partial charge in [0.15, 0.2) is 5.78 Å². The molecule has 0 radical (unpaired) electrons. The van der Waals surface area contributed by atoms with E-state index in [1.165, 1.54) is 32.6 Å². The minimum absolute atomic E-state index is 0.0232. The van der Waals surface area contributed by atoms with Gasteiger partial charge in [0.25, 0.3) is 0 Å². The van der Waals surface area contributed by atoms with Gasteiger partial charge in [0.2, 0.25) is 11.8 Å². The highest BCUT2D eigenvalue weighted by atomic mass is 16.5. The molecule has 0 spiro atoms. The second kappa shape index (κ2) is 22.3. The van der Waals surface area contributed by atoms with E-state index in [2.05, 4.69) is 43.6 Å². The molecular formula is C39H75N3O5. The third-order valence-electron chi connectivity index (χ3n) is 11.5. The number of ketones is 1. The molecule has 3 atom stereocenters. The molecule has 0 aromatic heterocycles. The molecule has 0 saturated heterocycles. The standard InChI is InChI=1S/C39H75N3O5/c1-10-23-33(44)40-28-26-38(13-4,14-5)47-29-27-37(11-2,12-3)36(46)39(24-21-19-17-15-16-18-20-22-25-39)42-34(30(6)7)35(45)41-31(8)32(9)43/h30-31,34,36,42,46H,10-29H2,1-9H3,(H,40,44)(H,41,45)/t31-,34-,36?/m0/s1. The summed E-state index contributed by atoms with van der Waals surface area (Å²) in [6.07, 6.45) is 16.3. The Morgan fingerprint density at radius 2 is 1.34 bits per heavy atom. The minimum Gasteiger partial charge on any atom is -0.391 e. The van der Waals surface area contributed by atoms with E-state index in [9.17, 15) is 19.5 Å². The van der Waals surface area contributed by atoms with Crippen LogP contribution in [0.4, 0.5) is 0 Å². The molecule has 47 heavy (non-hydrogen) atoms. The second-order valence-corrected chi connectivity index (χ2v) is 15.0. The number of aliphatic hydroxyl groups excluding tert-OH is 1. The molecule has 1 aliphatic carbocycles. The Morgan fingerprint density at radius 1 is 0.809 bits per heavy atom. The van der Waals surface area contributed by atoms with E-state index in [1.54, 1.807) is 6.92 Å². The fourth-order valence-electron chi connectivity index (χ4n) is 7.62. The van der Waals surface area contributed by atoms with Gasteiger partial charge < -0.3 is 20.5 Å². The third-order valence-corrected chi connectivity index (χ3v) is 11.5. The first kappa shape index (κ1) is 43.5. The number of nitrogens with one attached hydrogen (secondary N) is 3. The van der Waals surface area contributed by atoms with E-state index in [1.807, 2.05) is 20.8 Å². The number of hydrogen-bond acceptors (Lipinski definition) is 6. The molecule has 1 aliphatic rings. The lowest BCUT2D eigenvalue weighted by Gasteiger charge is -2.51. The van der Waals surface area contributed by atoms with Crippen LogP contribution < -0.4 is 16.0 Å². The number of amides is 2. The quantitative estimate of drug-likeness (QED) is 0.0995. The van der Waals surface area contributed by atoms with Gasteiger partial charge in [0, 0.05) is 25.1 Å². The van der Waals surface area contributed by atoms with Gasteiger partial charge in [-0.25, -0.2) is 0 Å². The van der Waals surface area contributed by atoms with E-state index in [-0.39, 0.29) is 29.1 Å². The molecule has 0 aromatic rings. The molecule has 1 unspecified atom stereocenters. The Hall–Kier alpha value is -1.51. The first-order chi connectivity index (χ1) is 22.3. The summed E-state index contributed by atoms with van der Waals surface area (Å²) in [5.41, 5.74) is -1.37. The van der Waals surface area contributed by atoms with E-state index in [0.29, 0.717) is 26.0 Å². The highest BCUT2D eigenvalue weighted by Gasteiger charge is 2.50. The fourth-order valence-corrected chi connectivity index (χ4v) is 7.62. The Balaban J connectivity index is 3.41. The Kier molecular flexibility index (Phi) is 20.6. The summed E-state index contributed by atoms with van der Waals surface area (Å²) in [6.45, 7) is 19.2. The normalized spacial score (nSPS) is 18.5. The van der Waals surface area contributed by atoms with Crippen molar-refractivity contribution in [1.29, 1.82) is 0 Å². The monoisotopic (exact) mass is 666 g/mol. The zero-order valence-corrected chi connectivity index (χ0v) is 32.0. The van der Waals surface area contributed by atoms with Crippen LogP contribution in [0, 0.1) is 11.3 Å². The van der Waals surface area contributed by atoms with Crippen LogP contribution in [-0.2, 0) is 19.1 Å². The molecule has 2 amide bonds. The van der Waals surface area contributed by atoms with Crippen LogP contribution in [0.5, 0.6) is 0 Å². The predicted molar refractivity (Wildman–Crippen MR) is 194 cm³/mol. The minimum atomic E-state index is -0.681. The molecule has 0 heterocycles. The average molecular weight is 666 g/mol. The van der Waals surface area contributed by atoms with Crippen molar-refractivity contribution in [3.8, 4) is 0 Å². The smallest absolute Gasteiger partial charge is 0.237 e. The van der Waals surface area contributed by atoms with Gasteiger partial charge in [-0.05, 0) is 83.0 Å². The van der Waals surface area contributed by atoms with Gasteiger partial charge >= 0.3 is 0 Å². The van der Waals surface area contributed by atoms with Gasteiger partial charge in [-0.2, -0.15) is 0 Å². The van der Waals surface area contributed by atoms with E-state index >= 15 is 0 Å². The van der Waals surface area contributed by atoms with E-state index < -0.39 is 29.1 Å². The molecule has 1 fully saturated rings. The van der Waals surface area contributed by atoms with Crippen molar-refractivity contribution >= 4 is 17.6 Å². The van der Waals surface area contributed by atoms with Gasteiger partial charge in [-0.1, -0.05) is 99.8 Å². The molecule has 1 saturated carbocycles. The number of aliphatic hydroxyl groups is 1. The molecule has 8 heteroatoms. The summed E-state index contributed by atoms with van der Waals surface area (Å²) in [5.74, 6) is -0.173. The SMILES string of the molecule is CCCC(=O)NCCC(CC)(CC)OCCC(CC)(CC)C(O)C1(N[C@H](C(=O)N[C@@H](C)C(C)=O)C(C)C)CCCCCCCCCC1. The summed E-state index contributed by atoms with van der Waals surface area (Å²) in [6, 6.07) is -1.09. The highest BCUT2D eigenvalue weighted by molar-refractivity contribution is 5.89. The topological polar surface area (TPSA) is 117 Å². The Labute approximate surface area is 289 Å². The fraction of sp³-hybridized carbons (Fsp3) is 0.923. The number of rotatable bonds is 21. The van der Waals surface area contributed by atoms with Crippen LogP contribution >= 0.6 is 0 Å². The van der Waals surface area contributed by atoms with Crippen molar-refractivity contribution in [3.63, 3.8) is 0 Å². The van der Waals surface area contributed by atoms with E-state index in [0.717, 1.165) is 77.0 Å². The summed E-state index contributed by atoms with van der Waals surface area (Å²) in [5, 5.41) is 22.7. The number of ether oxygens (including phenoxy) is 1. The van der Waals surface area contributed by atoms with Crippen molar-refractivity contribution in [3.05, 3.63) is 0 Å². The van der Waals surface area contributed by atoms with Crippen LogP contribution in [-0.4, -0.2) is 65.2 Å². The van der Waals surface area contributed by atoms with Crippen molar-refractivity contribution in [2.24, 2.45) is 11.3 Å². The zero-order valence-electron chi connectivity index (χ0n) is 32.0. The molecule has 276 valence electrons. The number of carbonyl (C=O) groups is 3. The molecule has 4 N–H and O–H groups in total. The van der Waals surface area contributed by atoms with Crippen molar-refractivity contribution < 1.29 is 24.2 Å². The van der Waals surface area contributed by atoms with E-state index in [4.69, 9.17) is 4.74 Å². The maximum atomic E-state index is 13.7. The zero-order chi connectivity index (χ0) is 35.5. The lowest BCUT2D eigenvalue weighted by Crippen LogP contribution is -2.66. The second-order valence-electron chi connectivity index (χ2n) is 15.0. The molecule has 0 aliphatic heterocycles. The van der Waals surface area contributed by atoms with Gasteiger partial charge in [-0.15, -0.1) is 0 Å². The lowest BCUT2D eigenvalue weighted by molar-refractivity contribution is -0.132. The van der Waals surface area contributed by atoms with Crippen LogP contribution in [0.2, 0.25) is 0 Å². The van der Waals surface area contributed by atoms with Gasteiger partial charge in [0.05, 0.1) is 23.8 Å². The molecule has 0 bridgehead atoms. The lowest BCUT2D eigenvalue weighted by atomic mass is 9.64. The van der Waals surface area contributed by atoms with Crippen LogP contribution in [0.1, 0.15) is 178 Å². The summed E-state index contributed by atoms with van der Waals surface area (Å²) in [4.78, 5) is 37.9. The maximum Gasteiger partial charge on any atom is 0.237 e. The maximum absolute atomic E-state index is 13.7. The van der Waals surface area contributed by atoms with Crippen LogP contribution in [0.3, 0.4) is 0 Å². The number of hydrogen-bond donors (Lipinski definition) is 4. The van der Waals surface area contributed by atoms with Gasteiger partial charge in [0.1, 0.15) is 0 Å². The Morgan fingerprint density at radius 3 is 1.79 bits per heavy atom. The van der Waals surface area contributed by atoms with Crippen LogP contribution in [0.15, 0.2) is 0 Å². The third kappa shape index (κ3) is 13.7. The molecule has 1 rings (SSSR count). The van der Waals surface area contributed by atoms with Crippen molar-refractivity contribution in [2.45, 2.75) is 207 Å². The highest BCUT2D eigenvalue weighted by Crippen LogP contribution is 2.44. The first-order valence-corrected chi connectivity index (χ1v) is 19.5. The summed E-state index contributed by atoms with van der Waals surface area (Å²) >= 11 is 0.